The maximum atomic E-state index is 12.2. The van der Waals surface area contributed by atoms with Crippen LogP contribution < -0.4 is 9.47 Å². The van der Waals surface area contributed by atoms with Gasteiger partial charge in [-0.15, -0.1) is 13.2 Å². The maximum absolute atomic E-state index is 12.2. The third kappa shape index (κ3) is 25.3. The molecule has 52 heavy (non-hydrogen) atoms. The van der Waals surface area contributed by atoms with Crippen molar-refractivity contribution in [2.75, 3.05) is 33.5 Å². The van der Waals surface area contributed by atoms with Crippen molar-refractivity contribution in [3.05, 3.63) is 121 Å². The average molecular weight is 719 g/mol. The number of ketones is 1. The van der Waals surface area contributed by atoms with Gasteiger partial charge in [0.1, 0.15) is 17.6 Å². The smallest absolute Gasteiger partial charge is 0.338 e. The number of benzene rings is 2. The number of carbonyl (C=O) groups excluding carboxylic acids is 3. The van der Waals surface area contributed by atoms with E-state index >= 15 is 0 Å². The van der Waals surface area contributed by atoms with Gasteiger partial charge in [0.15, 0.2) is 5.78 Å². The average Bonchev–Trinajstić information content (AvgIpc) is 3.13. The molecular weight excluding hydrogens is 656 g/mol. The van der Waals surface area contributed by atoms with Crippen LogP contribution in [0, 0.1) is 0 Å². The number of unbranched alkanes of at least 4 members (excludes halogenated alkanes) is 6. The second-order valence-corrected chi connectivity index (χ2v) is 12.1. The number of allylic oxidation sites excluding steroid dienone is 4. The summed E-state index contributed by atoms with van der Waals surface area (Å²) in [6.07, 6.45) is 15.6. The fraction of sp³-hybridized carbons (Fsp3) is 0.432. The van der Waals surface area contributed by atoms with Crippen LogP contribution in [0.4, 0.5) is 0 Å². The van der Waals surface area contributed by atoms with Crippen LogP contribution in [0.1, 0.15) is 106 Å². The standard InChI is InChI=1S/C22H32O4.C17H22O4.C5H8/c1-17(2)16-18(3)19(4)26-22(23)20-10-12-21(13-11-20)25-15-9-7-6-8-14-24-5;1-3-17(19)21-13-7-5-4-6-12-20-16-10-8-15(9-11-16)14(2)18;1-3-5-4-2/h10-13,16,19H,1,6-9,14-15H2,2-5H3;3,8-11H,1,4-7,12-13H2,2H3;3-4H,1-2,5H2/b18-16-;;. The van der Waals surface area contributed by atoms with Gasteiger partial charge in [-0.05, 0) is 133 Å². The molecule has 0 aliphatic carbocycles. The first-order chi connectivity index (χ1) is 25.0. The molecule has 286 valence electrons. The fourth-order valence-corrected chi connectivity index (χ4v) is 4.29. The lowest BCUT2D eigenvalue weighted by Crippen LogP contribution is -2.16. The summed E-state index contributed by atoms with van der Waals surface area (Å²) < 4.78 is 26.7. The molecule has 1 unspecified atom stereocenters. The Morgan fingerprint density at radius 2 is 1.13 bits per heavy atom. The van der Waals surface area contributed by atoms with Crippen LogP contribution in [0.2, 0.25) is 0 Å². The van der Waals surface area contributed by atoms with Crippen molar-refractivity contribution in [2.24, 2.45) is 0 Å². The van der Waals surface area contributed by atoms with Gasteiger partial charge in [0.05, 0.1) is 25.4 Å². The minimum Gasteiger partial charge on any atom is -0.494 e. The van der Waals surface area contributed by atoms with E-state index in [9.17, 15) is 14.4 Å². The third-order valence-electron chi connectivity index (χ3n) is 7.31. The lowest BCUT2D eigenvalue weighted by molar-refractivity contribution is -0.137. The summed E-state index contributed by atoms with van der Waals surface area (Å²) in [4.78, 5) is 34.1. The zero-order chi connectivity index (χ0) is 39.0. The number of hydrogen-bond acceptors (Lipinski definition) is 8. The molecule has 0 aliphatic heterocycles. The van der Waals surface area contributed by atoms with Gasteiger partial charge in [0, 0.05) is 25.4 Å². The summed E-state index contributed by atoms with van der Waals surface area (Å²) in [7, 11) is 1.73. The first-order valence-corrected chi connectivity index (χ1v) is 18.0. The number of carbonyl (C=O) groups is 3. The highest BCUT2D eigenvalue weighted by Gasteiger charge is 2.13. The molecule has 2 aromatic carbocycles. The summed E-state index contributed by atoms with van der Waals surface area (Å²) in [5, 5.41) is 0. The summed E-state index contributed by atoms with van der Waals surface area (Å²) in [5.41, 5.74) is 3.12. The summed E-state index contributed by atoms with van der Waals surface area (Å²) in [5.74, 6) is 0.896. The molecule has 0 saturated carbocycles. The molecule has 0 bridgehead atoms. The Morgan fingerprint density at radius 3 is 1.54 bits per heavy atom. The first-order valence-electron chi connectivity index (χ1n) is 18.0. The predicted octanol–water partition coefficient (Wildman–Crippen LogP) is 10.6. The van der Waals surface area contributed by atoms with Gasteiger partial charge in [-0.1, -0.05) is 43.4 Å². The van der Waals surface area contributed by atoms with Crippen LogP contribution >= 0.6 is 0 Å². The number of esters is 2. The van der Waals surface area contributed by atoms with Crippen LogP contribution in [0.3, 0.4) is 0 Å². The molecule has 8 heteroatoms. The molecule has 0 saturated heterocycles. The van der Waals surface area contributed by atoms with E-state index in [1.807, 2.05) is 63.3 Å². The van der Waals surface area contributed by atoms with Crippen LogP contribution in [0.5, 0.6) is 11.5 Å². The van der Waals surface area contributed by atoms with Gasteiger partial charge < -0.3 is 23.7 Å². The van der Waals surface area contributed by atoms with E-state index in [0.29, 0.717) is 30.9 Å². The van der Waals surface area contributed by atoms with Gasteiger partial charge in [-0.3, -0.25) is 4.79 Å². The van der Waals surface area contributed by atoms with Crippen molar-refractivity contribution in [1.29, 1.82) is 0 Å². The maximum Gasteiger partial charge on any atom is 0.338 e. The van der Waals surface area contributed by atoms with Gasteiger partial charge >= 0.3 is 11.9 Å². The molecule has 1 atom stereocenters. The number of Topliss-reactive ketones (excluding diaryl/α,β-unsaturated/α-hetero) is 1. The molecule has 0 spiro atoms. The van der Waals surface area contributed by atoms with Crippen LogP contribution in [-0.2, 0) is 19.0 Å². The predicted molar refractivity (Wildman–Crippen MR) is 212 cm³/mol. The Bertz CT molecular complexity index is 1350. The van der Waals surface area contributed by atoms with Crippen LogP contribution in [-0.4, -0.2) is 57.4 Å². The molecule has 0 amide bonds. The fourth-order valence-electron chi connectivity index (χ4n) is 4.29. The highest BCUT2D eigenvalue weighted by Crippen LogP contribution is 2.17. The Balaban J connectivity index is 0.000000899. The minimum atomic E-state index is -0.368. The first kappa shape index (κ1) is 47.3. The van der Waals surface area contributed by atoms with Crippen LogP contribution in [0.25, 0.3) is 0 Å². The largest absolute Gasteiger partial charge is 0.494 e. The minimum absolute atomic E-state index is 0.0544. The van der Waals surface area contributed by atoms with E-state index in [0.717, 1.165) is 87.0 Å². The molecule has 2 aromatic rings. The van der Waals surface area contributed by atoms with E-state index in [-0.39, 0.29) is 23.8 Å². The highest BCUT2D eigenvalue weighted by molar-refractivity contribution is 5.94. The molecule has 8 nitrogen and oxygen atoms in total. The molecule has 0 aromatic heterocycles. The van der Waals surface area contributed by atoms with Crippen molar-refractivity contribution >= 4 is 17.7 Å². The van der Waals surface area contributed by atoms with Gasteiger partial charge in [-0.2, -0.15) is 0 Å². The topological polar surface area (TPSA) is 97.4 Å². The van der Waals surface area contributed by atoms with E-state index in [1.165, 1.54) is 6.08 Å². The van der Waals surface area contributed by atoms with E-state index in [4.69, 9.17) is 23.7 Å². The number of rotatable bonds is 24. The lowest BCUT2D eigenvalue weighted by atomic mass is 10.1. The molecular formula is C44H62O8. The summed E-state index contributed by atoms with van der Waals surface area (Å²) >= 11 is 0. The van der Waals surface area contributed by atoms with Crippen molar-refractivity contribution in [3.8, 4) is 11.5 Å². The molecule has 0 aliphatic rings. The van der Waals surface area contributed by atoms with Gasteiger partial charge in [0.2, 0.25) is 0 Å². The van der Waals surface area contributed by atoms with Crippen molar-refractivity contribution in [1.82, 2.24) is 0 Å². The molecule has 2 rings (SSSR count). The van der Waals surface area contributed by atoms with Gasteiger partial charge in [0.25, 0.3) is 0 Å². The Morgan fingerprint density at radius 1 is 0.673 bits per heavy atom. The second-order valence-electron chi connectivity index (χ2n) is 12.1. The lowest BCUT2D eigenvalue weighted by Gasteiger charge is -2.14. The van der Waals surface area contributed by atoms with Crippen molar-refractivity contribution in [2.45, 2.75) is 91.6 Å². The molecule has 0 radical (unpaired) electrons. The SMILES string of the molecule is C=C(C)/C=C(/C)C(C)OC(=O)c1ccc(OCCCCCCOC)cc1.C=CC(=O)OCCCCCCOc1ccc(C(C)=O)cc1.C=CCC=C. The zero-order valence-corrected chi connectivity index (χ0v) is 32.3. The quantitative estimate of drug-likeness (QED) is 0.0264. The molecule has 0 heterocycles. The number of ether oxygens (including phenoxy) is 5. The highest BCUT2D eigenvalue weighted by atomic mass is 16.5. The second kappa shape index (κ2) is 31.1. The molecule has 0 N–H and O–H groups in total. The Kier molecular flexibility index (Phi) is 28.3. The number of hydrogen-bond donors (Lipinski definition) is 0. The molecule has 0 fully saturated rings. The summed E-state index contributed by atoms with van der Waals surface area (Å²) in [6.45, 7) is 24.0. The van der Waals surface area contributed by atoms with Crippen molar-refractivity contribution < 1.29 is 38.1 Å². The normalized spacial score (nSPS) is 10.9. The van der Waals surface area contributed by atoms with E-state index < -0.39 is 0 Å². The zero-order valence-electron chi connectivity index (χ0n) is 32.3. The summed E-state index contributed by atoms with van der Waals surface area (Å²) in [6, 6.07) is 14.3. The third-order valence-corrected chi connectivity index (χ3v) is 7.31. The van der Waals surface area contributed by atoms with E-state index in [2.05, 4.69) is 26.3 Å². The van der Waals surface area contributed by atoms with Gasteiger partial charge in [-0.25, -0.2) is 9.59 Å². The Hall–Kier alpha value is -4.69. The van der Waals surface area contributed by atoms with Crippen LogP contribution in [0.15, 0.2) is 110 Å². The monoisotopic (exact) mass is 718 g/mol. The van der Waals surface area contributed by atoms with Crippen molar-refractivity contribution in [3.63, 3.8) is 0 Å². The Labute approximate surface area is 313 Å². The number of methoxy groups -OCH3 is 1. The van der Waals surface area contributed by atoms with E-state index in [1.54, 1.807) is 38.3 Å².